The molecule has 0 aromatic heterocycles. The molecule has 0 aromatic rings. The van der Waals surface area contributed by atoms with Crippen molar-refractivity contribution in [3.8, 4) is 0 Å². The van der Waals surface area contributed by atoms with Gasteiger partial charge < -0.3 is 9.84 Å². The fraction of sp³-hybridized carbons (Fsp3) is 0.800. The van der Waals surface area contributed by atoms with Crippen molar-refractivity contribution in [3.63, 3.8) is 0 Å². The first-order chi connectivity index (χ1) is 5.27. The van der Waals surface area contributed by atoms with Crippen LogP contribution in [0.2, 0.25) is 0 Å². The van der Waals surface area contributed by atoms with Crippen LogP contribution >= 0.6 is 0 Å². The molecular formula is C10H20O2. The maximum atomic E-state index is 9.47. The molecule has 12 heavy (non-hydrogen) atoms. The van der Waals surface area contributed by atoms with Crippen LogP contribution in [0.4, 0.5) is 0 Å². The summed E-state index contributed by atoms with van der Waals surface area (Å²) in [4.78, 5) is 0. The lowest BCUT2D eigenvalue weighted by molar-refractivity contribution is 0.00776. The first-order valence-corrected chi connectivity index (χ1v) is 4.28. The normalized spacial score (nSPS) is 12.8. The Balaban J connectivity index is 3.83. The van der Waals surface area contributed by atoms with Crippen molar-refractivity contribution in [2.75, 3.05) is 0 Å². The molecule has 0 aliphatic carbocycles. The van der Waals surface area contributed by atoms with E-state index in [0.717, 1.165) is 12.8 Å². The molecule has 2 heteroatoms. The van der Waals surface area contributed by atoms with Crippen molar-refractivity contribution in [3.05, 3.63) is 12.8 Å². The van der Waals surface area contributed by atoms with E-state index in [-0.39, 0.29) is 5.60 Å². The summed E-state index contributed by atoms with van der Waals surface area (Å²) in [7, 11) is 0. The van der Waals surface area contributed by atoms with Gasteiger partial charge >= 0.3 is 0 Å². The average Bonchev–Trinajstić information content (AvgIpc) is 1.83. The molecule has 0 spiro atoms. The highest BCUT2D eigenvalue weighted by molar-refractivity contribution is 4.76. The molecule has 0 saturated heterocycles. The van der Waals surface area contributed by atoms with E-state index in [4.69, 9.17) is 4.74 Å². The topological polar surface area (TPSA) is 29.5 Å². The maximum Gasteiger partial charge on any atom is 0.103 e. The van der Waals surface area contributed by atoms with Crippen LogP contribution in [0.15, 0.2) is 12.8 Å². The Morgan fingerprint density at radius 3 is 2.08 bits per heavy atom. The van der Waals surface area contributed by atoms with Gasteiger partial charge in [0.15, 0.2) is 0 Å². The van der Waals surface area contributed by atoms with Gasteiger partial charge in [-0.05, 0) is 40.5 Å². The summed E-state index contributed by atoms with van der Waals surface area (Å²) in [6.45, 7) is 11.1. The first kappa shape index (κ1) is 11.5. The van der Waals surface area contributed by atoms with Gasteiger partial charge in [-0.2, -0.15) is 0 Å². The third kappa shape index (κ3) is 6.23. The molecule has 0 atom stereocenters. The number of ether oxygens (including phenoxy) is 1. The molecule has 2 nitrogen and oxygen atoms in total. The third-order valence-electron chi connectivity index (χ3n) is 1.74. The van der Waals surface area contributed by atoms with Crippen LogP contribution < -0.4 is 0 Å². The third-order valence-corrected chi connectivity index (χ3v) is 1.74. The van der Waals surface area contributed by atoms with Crippen LogP contribution in [0.5, 0.6) is 0 Å². The highest BCUT2D eigenvalue weighted by atomic mass is 16.5. The molecule has 0 aliphatic rings. The fourth-order valence-corrected chi connectivity index (χ4v) is 0.891. The molecular weight excluding hydrogens is 152 g/mol. The monoisotopic (exact) mass is 172 g/mol. The predicted octanol–water partition coefficient (Wildman–Crippen LogP) is 2.48. The second-order valence-electron chi connectivity index (χ2n) is 4.36. The summed E-state index contributed by atoms with van der Waals surface area (Å²) in [6, 6.07) is 0. The van der Waals surface area contributed by atoms with Gasteiger partial charge in [0.1, 0.15) is 5.60 Å². The van der Waals surface area contributed by atoms with Crippen molar-refractivity contribution in [2.24, 2.45) is 0 Å². The first-order valence-electron chi connectivity index (χ1n) is 4.28. The summed E-state index contributed by atoms with van der Waals surface area (Å²) in [6.07, 6.45) is 3.00. The molecule has 0 aliphatic heterocycles. The predicted molar refractivity (Wildman–Crippen MR) is 50.9 cm³/mol. The average molecular weight is 172 g/mol. The smallest absolute Gasteiger partial charge is 0.103 e. The van der Waals surface area contributed by atoms with Crippen molar-refractivity contribution in [2.45, 2.75) is 51.7 Å². The summed E-state index contributed by atoms with van der Waals surface area (Å²) in [5.74, 6) is 0. The molecule has 0 bridgehead atoms. The molecule has 0 rings (SSSR count). The van der Waals surface area contributed by atoms with Crippen LogP contribution in [0.1, 0.15) is 40.5 Å². The van der Waals surface area contributed by atoms with Gasteiger partial charge in [0.2, 0.25) is 0 Å². The van der Waals surface area contributed by atoms with Gasteiger partial charge in [-0.25, -0.2) is 0 Å². The molecule has 0 heterocycles. The Kier molecular flexibility index (Phi) is 3.78. The SMILES string of the molecule is C=COC(C)(C)CCC(C)(C)O. The zero-order valence-corrected chi connectivity index (χ0v) is 8.55. The Labute approximate surface area is 75.2 Å². The largest absolute Gasteiger partial charge is 0.496 e. The van der Waals surface area contributed by atoms with E-state index >= 15 is 0 Å². The molecule has 0 amide bonds. The summed E-state index contributed by atoms with van der Waals surface area (Å²) >= 11 is 0. The molecule has 0 saturated carbocycles. The van der Waals surface area contributed by atoms with Crippen LogP contribution in [0.3, 0.4) is 0 Å². The molecule has 0 fully saturated rings. The highest BCUT2D eigenvalue weighted by Gasteiger charge is 2.22. The molecule has 0 radical (unpaired) electrons. The van der Waals surface area contributed by atoms with Crippen molar-refractivity contribution >= 4 is 0 Å². The Hall–Kier alpha value is -0.500. The summed E-state index contributed by atoms with van der Waals surface area (Å²) in [5, 5.41) is 9.47. The fourth-order valence-electron chi connectivity index (χ4n) is 0.891. The molecule has 1 N–H and O–H groups in total. The van der Waals surface area contributed by atoms with Gasteiger partial charge in [-0.3, -0.25) is 0 Å². The number of rotatable bonds is 5. The lowest BCUT2D eigenvalue weighted by atomic mass is 9.94. The van der Waals surface area contributed by atoms with E-state index in [1.807, 2.05) is 13.8 Å². The zero-order valence-electron chi connectivity index (χ0n) is 8.55. The lowest BCUT2D eigenvalue weighted by Crippen LogP contribution is -2.27. The quantitative estimate of drug-likeness (QED) is 0.645. The van der Waals surface area contributed by atoms with E-state index in [2.05, 4.69) is 6.58 Å². The Bertz CT molecular complexity index is 142. The van der Waals surface area contributed by atoms with Gasteiger partial charge in [0, 0.05) is 0 Å². The zero-order chi connectivity index (χ0) is 9.83. The van der Waals surface area contributed by atoms with Gasteiger partial charge in [0.25, 0.3) is 0 Å². The van der Waals surface area contributed by atoms with E-state index in [1.54, 1.807) is 13.8 Å². The maximum absolute atomic E-state index is 9.47. The highest BCUT2D eigenvalue weighted by Crippen LogP contribution is 2.21. The summed E-state index contributed by atoms with van der Waals surface area (Å²) < 4.78 is 5.28. The summed E-state index contributed by atoms with van der Waals surface area (Å²) in [5.41, 5.74) is -0.830. The minimum absolute atomic E-state index is 0.220. The van der Waals surface area contributed by atoms with Crippen LogP contribution in [0, 0.1) is 0 Å². The van der Waals surface area contributed by atoms with Crippen molar-refractivity contribution < 1.29 is 9.84 Å². The van der Waals surface area contributed by atoms with Gasteiger partial charge in [-0.15, -0.1) is 0 Å². The molecule has 0 unspecified atom stereocenters. The second-order valence-corrected chi connectivity index (χ2v) is 4.36. The van der Waals surface area contributed by atoms with E-state index < -0.39 is 5.60 Å². The van der Waals surface area contributed by atoms with E-state index in [0.29, 0.717) is 0 Å². The molecule has 72 valence electrons. The Morgan fingerprint density at radius 1 is 1.25 bits per heavy atom. The second kappa shape index (κ2) is 3.94. The van der Waals surface area contributed by atoms with E-state index in [1.165, 1.54) is 6.26 Å². The van der Waals surface area contributed by atoms with E-state index in [9.17, 15) is 5.11 Å². The van der Waals surface area contributed by atoms with Gasteiger partial charge in [-0.1, -0.05) is 6.58 Å². The minimum Gasteiger partial charge on any atom is -0.496 e. The molecule has 0 aromatic carbocycles. The van der Waals surface area contributed by atoms with Crippen molar-refractivity contribution in [1.82, 2.24) is 0 Å². The van der Waals surface area contributed by atoms with Crippen LogP contribution in [-0.4, -0.2) is 16.3 Å². The Morgan fingerprint density at radius 2 is 1.75 bits per heavy atom. The number of aliphatic hydroxyl groups is 1. The van der Waals surface area contributed by atoms with Crippen LogP contribution in [0.25, 0.3) is 0 Å². The number of hydrogen-bond donors (Lipinski definition) is 1. The van der Waals surface area contributed by atoms with Gasteiger partial charge in [0.05, 0.1) is 11.9 Å². The standard InChI is InChI=1S/C10H20O2/c1-6-12-10(4,5)8-7-9(2,3)11/h6,11H,1,7-8H2,2-5H3. The van der Waals surface area contributed by atoms with Crippen LogP contribution in [-0.2, 0) is 4.74 Å². The minimum atomic E-state index is -0.609. The van der Waals surface area contributed by atoms with Crippen molar-refractivity contribution in [1.29, 1.82) is 0 Å². The number of hydrogen-bond acceptors (Lipinski definition) is 2. The lowest BCUT2D eigenvalue weighted by Gasteiger charge is -2.27.